The smallest absolute Gasteiger partial charge is 0.318 e. The highest BCUT2D eigenvalue weighted by Gasteiger charge is 2.35. The first-order chi connectivity index (χ1) is 23.4. The van der Waals surface area contributed by atoms with E-state index in [9.17, 15) is 14.7 Å². The Morgan fingerprint density at radius 1 is 0.833 bits per heavy atom. The van der Waals surface area contributed by atoms with Gasteiger partial charge in [-0.3, -0.25) is 4.79 Å². The number of nitrogens with zero attached hydrogens (tertiary/aromatic N) is 4. The summed E-state index contributed by atoms with van der Waals surface area (Å²) in [4.78, 5) is 45.7. The fourth-order valence-electron chi connectivity index (χ4n) is 6.81. The third kappa shape index (κ3) is 7.00. The molecule has 1 unspecified atom stereocenters. The molecule has 3 fully saturated rings. The molecule has 0 bridgehead atoms. The highest BCUT2D eigenvalue weighted by atomic mass is 16.3. The number of aromatic amines is 2. The highest BCUT2D eigenvalue weighted by Crippen LogP contribution is 2.32. The van der Waals surface area contributed by atoms with Gasteiger partial charge in [-0.2, -0.15) is 0 Å². The van der Waals surface area contributed by atoms with Gasteiger partial charge in [0, 0.05) is 30.8 Å². The van der Waals surface area contributed by atoms with Gasteiger partial charge < -0.3 is 35.5 Å². The number of nitrogens with one attached hydrogen (secondary N) is 4. The van der Waals surface area contributed by atoms with Gasteiger partial charge in [0.1, 0.15) is 17.7 Å². The van der Waals surface area contributed by atoms with E-state index in [0.29, 0.717) is 38.5 Å². The molecule has 4 aromatic rings. The molecular formula is C37H42N8O3. The summed E-state index contributed by atoms with van der Waals surface area (Å²) >= 11 is 0. The Labute approximate surface area is 280 Å². The monoisotopic (exact) mass is 646 g/mol. The van der Waals surface area contributed by atoms with Gasteiger partial charge >= 0.3 is 6.03 Å². The van der Waals surface area contributed by atoms with E-state index in [1.165, 1.54) is 6.42 Å². The van der Waals surface area contributed by atoms with Crippen LogP contribution in [0.1, 0.15) is 80.3 Å². The summed E-state index contributed by atoms with van der Waals surface area (Å²) in [5.74, 6) is 8.15. The Bertz CT molecular complexity index is 1790. The Morgan fingerprint density at radius 3 is 2.04 bits per heavy atom. The van der Waals surface area contributed by atoms with Gasteiger partial charge in [0.25, 0.3) is 0 Å². The Hall–Kier alpha value is -4.92. The van der Waals surface area contributed by atoms with Crippen molar-refractivity contribution in [1.82, 2.24) is 40.4 Å². The van der Waals surface area contributed by atoms with Crippen molar-refractivity contribution in [1.29, 1.82) is 0 Å². The summed E-state index contributed by atoms with van der Waals surface area (Å²) in [5, 5.41) is 16.1. The molecule has 5 heterocycles. The van der Waals surface area contributed by atoms with Crippen molar-refractivity contribution in [2.75, 3.05) is 26.2 Å². The molecule has 3 atom stereocenters. The van der Waals surface area contributed by atoms with Crippen LogP contribution in [0, 0.1) is 11.8 Å². The van der Waals surface area contributed by atoms with Gasteiger partial charge in [0.05, 0.1) is 42.0 Å². The molecule has 3 saturated heterocycles. The molecule has 11 heteroatoms. The van der Waals surface area contributed by atoms with E-state index in [0.717, 1.165) is 71.1 Å². The first-order valence-electron chi connectivity index (χ1n) is 17.0. The maximum absolute atomic E-state index is 13.4. The van der Waals surface area contributed by atoms with Crippen molar-refractivity contribution in [3.05, 3.63) is 83.7 Å². The average molecular weight is 647 g/mol. The molecule has 3 amide bonds. The third-order valence-electron chi connectivity index (χ3n) is 9.64. The van der Waals surface area contributed by atoms with Crippen molar-refractivity contribution in [2.45, 2.75) is 69.7 Å². The molecule has 0 saturated carbocycles. The zero-order valence-corrected chi connectivity index (χ0v) is 27.2. The number of likely N-dealkylation sites (tertiary alicyclic amines) is 2. The van der Waals surface area contributed by atoms with Crippen LogP contribution in [0.25, 0.3) is 22.5 Å². The van der Waals surface area contributed by atoms with Crippen LogP contribution >= 0.6 is 0 Å². The SMILES string of the molecule is CC(NC(=O)N1CCC(O)CC1)C(=O)N1CCC[C@H]1c1ncc(-c2ccc(C#Cc3ccc(-c4cnc([C@@H]5CCCN5)[nH]4)cc3)cc2)[nH]1. The molecule has 11 nitrogen and oxygen atoms in total. The van der Waals surface area contributed by atoms with Gasteiger partial charge in [0.15, 0.2) is 0 Å². The number of aliphatic hydroxyl groups excluding tert-OH is 1. The summed E-state index contributed by atoms with van der Waals surface area (Å²) in [7, 11) is 0. The number of rotatable bonds is 6. The Morgan fingerprint density at radius 2 is 1.44 bits per heavy atom. The fraction of sp³-hybridized carbons (Fsp3) is 0.405. The molecule has 3 aliphatic rings. The van der Waals surface area contributed by atoms with E-state index in [1.54, 1.807) is 18.0 Å². The maximum Gasteiger partial charge on any atom is 0.318 e. The second-order valence-electron chi connectivity index (χ2n) is 13.0. The normalized spacial score (nSPS) is 20.4. The van der Waals surface area contributed by atoms with Crippen molar-refractivity contribution in [3.8, 4) is 34.4 Å². The number of carbonyl (C=O) groups excluding carboxylic acids is 2. The summed E-state index contributed by atoms with van der Waals surface area (Å²) in [6, 6.07) is 15.5. The molecule has 0 radical (unpaired) electrons. The van der Waals surface area contributed by atoms with E-state index in [4.69, 9.17) is 0 Å². The number of aliphatic hydroxyl groups is 1. The summed E-state index contributed by atoms with van der Waals surface area (Å²) in [6.45, 7) is 4.37. The molecule has 0 aliphatic carbocycles. The van der Waals surface area contributed by atoms with Gasteiger partial charge in [-0.15, -0.1) is 0 Å². The molecule has 48 heavy (non-hydrogen) atoms. The number of carbonyl (C=O) groups is 2. The van der Waals surface area contributed by atoms with Crippen molar-refractivity contribution < 1.29 is 14.7 Å². The summed E-state index contributed by atoms with van der Waals surface area (Å²) in [5.41, 5.74) is 5.81. The van der Waals surface area contributed by atoms with Gasteiger partial charge in [-0.1, -0.05) is 36.1 Å². The van der Waals surface area contributed by atoms with E-state index in [2.05, 4.69) is 54.5 Å². The zero-order chi connectivity index (χ0) is 33.0. The highest BCUT2D eigenvalue weighted by molar-refractivity contribution is 5.87. The third-order valence-corrected chi connectivity index (χ3v) is 9.64. The van der Waals surface area contributed by atoms with E-state index >= 15 is 0 Å². The molecule has 0 spiro atoms. The van der Waals surface area contributed by atoms with Crippen LogP contribution < -0.4 is 10.6 Å². The van der Waals surface area contributed by atoms with E-state index < -0.39 is 6.04 Å². The van der Waals surface area contributed by atoms with Gasteiger partial charge in [0.2, 0.25) is 5.91 Å². The van der Waals surface area contributed by atoms with E-state index in [1.807, 2.05) is 47.5 Å². The van der Waals surface area contributed by atoms with Crippen LogP contribution in [0.4, 0.5) is 4.79 Å². The van der Waals surface area contributed by atoms with E-state index in [-0.39, 0.29) is 24.1 Å². The van der Waals surface area contributed by atoms with Crippen LogP contribution in [0.3, 0.4) is 0 Å². The molecule has 2 aromatic carbocycles. The lowest BCUT2D eigenvalue weighted by Crippen LogP contribution is -2.52. The predicted molar refractivity (Wildman–Crippen MR) is 183 cm³/mol. The number of hydrogen-bond acceptors (Lipinski definition) is 6. The first-order valence-corrected chi connectivity index (χ1v) is 17.0. The summed E-state index contributed by atoms with van der Waals surface area (Å²) < 4.78 is 0. The van der Waals surface area contributed by atoms with Crippen molar-refractivity contribution in [2.24, 2.45) is 0 Å². The number of hydrogen-bond donors (Lipinski definition) is 5. The summed E-state index contributed by atoms with van der Waals surface area (Å²) in [6.07, 6.45) is 8.43. The molecule has 7 rings (SSSR count). The van der Waals surface area contributed by atoms with Crippen LogP contribution in [0.2, 0.25) is 0 Å². The maximum atomic E-state index is 13.4. The van der Waals surface area contributed by atoms with Crippen LogP contribution in [-0.4, -0.2) is 85.1 Å². The number of amides is 3. The lowest BCUT2D eigenvalue weighted by atomic mass is 10.1. The standard InChI is InChI=1S/C37H42N8O3/c1-24(41-37(48)44-20-16-29(46)17-21-44)36(47)45-19-3-5-33(45)35-40-23-32(43-35)28-14-10-26(11-15-28)7-6-25-8-12-27(13-9-25)31-22-39-34(42-31)30-4-2-18-38-30/h8-15,22-24,29-30,33,38,46H,2-5,16-21H2,1H3,(H,39,42)(H,40,43)(H,41,48)/t24?,30-,33-/m0/s1. The number of imidazole rings is 2. The second-order valence-corrected chi connectivity index (χ2v) is 13.0. The van der Waals surface area contributed by atoms with Crippen LogP contribution in [-0.2, 0) is 4.79 Å². The van der Waals surface area contributed by atoms with Gasteiger partial charge in [-0.05, 0) is 87.4 Å². The Balaban J connectivity index is 0.952. The molecule has 3 aliphatic heterocycles. The Kier molecular flexibility index (Phi) is 9.27. The first kappa shape index (κ1) is 31.7. The fourth-order valence-corrected chi connectivity index (χ4v) is 6.81. The molecule has 248 valence electrons. The topological polar surface area (TPSA) is 142 Å². The van der Waals surface area contributed by atoms with Crippen molar-refractivity contribution >= 4 is 11.9 Å². The molecule has 2 aromatic heterocycles. The second kappa shape index (κ2) is 14.1. The molecule has 5 N–H and O–H groups in total. The minimum atomic E-state index is -0.658. The number of benzene rings is 2. The number of aromatic nitrogens is 4. The lowest BCUT2D eigenvalue weighted by Gasteiger charge is -2.32. The van der Waals surface area contributed by atoms with Gasteiger partial charge in [-0.25, -0.2) is 14.8 Å². The molecular weight excluding hydrogens is 604 g/mol. The lowest BCUT2D eigenvalue weighted by molar-refractivity contribution is -0.133. The largest absolute Gasteiger partial charge is 0.393 e. The minimum Gasteiger partial charge on any atom is -0.393 e. The van der Waals surface area contributed by atoms with Crippen LogP contribution in [0.15, 0.2) is 60.9 Å². The minimum absolute atomic E-state index is 0.120. The number of H-pyrrole nitrogens is 2. The quantitative estimate of drug-likeness (QED) is 0.195. The average Bonchev–Trinajstić information content (AvgIpc) is 3.95. The number of piperidine rings is 1. The predicted octanol–water partition coefficient (Wildman–Crippen LogP) is 4.51. The van der Waals surface area contributed by atoms with Crippen LogP contribution in [0.5, 0.6) is 0 Å². The van der Waals surface area contributed by atoms with Crippen molar-refractivity contribution in [3.63, 3.8) is 0 Å². The number of urea groups is 1. The zero-order valence-electron chi connectivity index (χ0n) is 27.2.